The Morgan fingerprint density at radius 1 is 0.531 bits per heavy atom. The maximum absolute atomic E-state index is 15.2. The highest BCUT2D eigenvalue weighted by Gasteiger charge is 2.46. The summed E-state index contributed by atoms with van der Waals surface area (Å²) in [5.74, 6) is -7.66. The number of pyridine rings is 1. The largest absolute Gasteiger partial charge is 0.436 e. The molecule has 2 aromatic carbocycles. The van der Waals surface area contributed by atoms with E-state index in [0.717, 1.165) is 6.07 Å². The fraction of sp³-hybridized carbons (Fsp3) is 0.0968. The first kappa shape index (κ1) is 35.3. The summed E-state index contributed by atoms with van der Waals surface area (Å²) < 4.78 is 165. The second kappa shape index (κ2) is 12.2. The Hall–Kier alpha value is -6.58. The molecule has 0 N–H and O–H groups in total. The monoisotopic (exact) mass is 690 g/mol. The van der Waals surface area contributed by atoms with Crippen molar-refractivity contribution in [3.05, 3.63) is 115 Å². The maximum atomic E-state index is 15.2. The number of halogens is 12. The van der Waals surface area contributed by atoms with Crippen LogP contribution in [0.1, 0.15) is 44.6 Å². The Morgan fingerprint density at radius 3 is 1.24 bits per heavy atom. The first-order chi connectivity index (χ1) is 22.8. The SMILES string of the molecule is N#CC(=C1C(=C(\C#N)c2ccc(C(F)(F)F)cc2C#N)/C1=C(\C#N)c1ccc(C(F)(F)F)cc1C#N)c1c(F)c(F)nc(C(F)(F)F)c1F. The number of allylic oxidation sites excluding steroid dienone is 6. The van der Waals surface area contributed by atoms with Crippen LogP contribution < -0.4 is 0 Å². The van der Waals surface area contributed by atoms with Gasteiger partial charge in [0.05, 0.1) is 56.7 Å². The second-order valence-electron chi connectivity index (χ2n) is 9.58. The van der Waals surface area contributed by atoms with Crippen LogP contribution in [0.25, 0.3) is 16.7 Å². The summed E-state index contributed by atoms with van der Waals surface area (Å²) in [6, 6.07) is 9.26. The molecule has 0 radical (unpaired) electrons. The Balaban J connectivity index is 2.26. The normalized spacial score (nSPS) is 16.0. The molecule has 1 aromatic heterocycles. The molecule has 0 saturated heterocycles. The predicted octanol–water partition coefficient (Wildman–Crippen LogP) is 8.54. The van der Waals surface area contributed by atoms with Crippen molar-refractivity contribution in [3.63, 3.8) is 0 Å². The smallest absolute Gasteiger partial charge is 0.209 e. The van der Waals surface area contributed by atoms with Crippen molar-refractivity contribution in [3.8, 4) is 30.3 Å². The highest BCUT2D eigenvalue weighted by atomic mass is 19.4. The van der Waals surface area contributed by atoms with E-state index in [2.05, 4.69) is 4.98 Å². The number of hydrogen-bond acceptors (Lipinski definition) is 6. The molecule has 49 heavy (non-hydrogen) atoms. The lowest BCUT2D eigenvalue weighted by Gasteiger charge is -2.11. The first-order valence-electron chi connectivity index (χ1n) is 12.6. The molecule has 0 amide bonds. The molecule has 18 heteroatoms. The van der Waals surface area contributed by atoms with Gasteiger partial charge in [-0.15, -0.1) is 0 Å². The van der Waals surface area contributed by atoms with E-state index in [4.69, 9.17) is 0 Å². The van der Waals surface area contributed by atoms with Crippen LogP contribution >= 0.6 is 0 Å². The zero-order valence-electron chi connectivity index (χ0n) is 23.2. The number of alkyl halides is 9. The Morgan fingerprint density at radius 2 is 0.918 bits per heavy atom. The van der Waals surface area contributed by atoms with Crippen LogP contribution in [-0.2, 0) is 18.5 Å². The summed E-state index contributed by atoms with van der Waals surface area (Å²) in [7, 11) is 0. The van der Waals surface area contributed by atoms with Gasteiger partial charge >= 0.3 is 18.5 Å². The third-order valence-electron chi connectivity index (χ3n) is 6.80. The molecule has 1 aliphatic rings. The summed E-state index contributed by atoms with van der Waals surface area (Å²) >= 11 is 0. The van der Waals surface area contributed by atoms with E-state index in [1.165, 1.54) is 24.3 Å². The van der Waals surface area contributed by atoms with E-state index in [1.54, 1.807) is 0 Å². The van der Waals surface area contributed by atoms with Crippen molar-refractivity contribution in [2.24, 2.45) is 0 Å². The summed E-state index contributed by atoms with van der Waals surface area (Å²) in [6.45, 7) is 0. The summed E-state index contributed by atoms with van der Waals surface area (Å²) in [4.78, 5) is 2.18. The molecule has 0 aliphatic heterocycles. The average Bonchev–Trinajstić information content (AvgIpc) is 3.74. The van der Waals surface area contributed by atoms with Crippen molar-refractivity contribution in [2.45, 2.75) is 18.5 Å². The quantitative estimate of drug-likeness (QED) is 0.154. The second-order valence-corrected chi connectivity index (χ2v) is 9.58. The fourth-order valence-electron chi connectivity index (χ4n) is 4.66. The van der Waals surface area contributed by atoms with Crippen LogP contribution in [0.5, 0.6) is 0 Å². The van der Waals surface area contributed by atoms with Gasteiger partial charge in [0, 0.05) is 27.8 Å². The Labute approximate surface area is 265 Å². The Kier molecular flexibility index (Phi) is 8.80. The summed E-state index contributed by atoms with van der Waals surface area (Å²) in [5.41, 5.74) is -16.5. The molecule has 1 fully saturated rings. The van der Waals surface area contributed by atoms with Gasteiger partial charge in [0.25, 0.3) is 0 Å². The standard InChI is InChI=1S/C31H6F12N6/c32-25-24(26(33)28(34)49-27(25)31(41,42)43)20(11-48)23-21(18(9-46)16-3-1-14(29(35,36)37)5-12(16)7-44)22(23)19(10-47)17-4-2-15(30(38,39)40)6-13(17)8-45/h1-6H/b21-18-,22-19+,23-20?. The average molecular weight is 690 g/mol. The van der Waals surface area contributed by atoms with E-state index < -0.39 is 114 Å². The molecule has 244 valence electrons. The number of nitrogens with zero attached hydrogens (tertiary/aromatic N) is 6. The number of benzene rings is 2. The lowest BCUT2D eigenvalue weighted by Crippen LogP contribution is -2.16. The van der Waals surface area contributed by atoms with Gasteiger partial charge in [-0.1, -0.05) is 12.1 Å². The van der Waals surface area contributed by atoms with Crippen LogP contribution in [0.3, 0.4) is 0 Å². The third kappa shape index (κ3) is 6.26. The minimum atomic E-state index is -5.78. The van der Waals surface area contributed by atoms with Crippen molar-refractivity contribution in [1.29, 1.82) is 26.3 Å². The Bertz CT molecular complexity index is 2160. The van der Waals surface area contributed by atoms with Gasteiger partial charge in [0.1, 0.15) is 18.2 Å². The molecule has 0 unspecified atom stereocenters. The van der Waals surface area contributed by atoms with Crippen LogP contribution in [-0.4, -0.2) is 4.98 Å². The molecule has 1 saturated carbocycles. The zero-order valence-corrected chi connectivity index (χ0v) is 23.2. The topological polar surface area (TPSA) is 132 Å². The minimum absolute atomic E-state index is 0.273. The molecule has 0 bridgehead atoms. The van der Waals surface area contributed by atoms with E-state index in [1.807, 2.05) is 0 Å². The third-order valence-corrected chi connectivity index (χ3v) is 6.80. The van der Waals surface area contributed by atoms with Crippen molar-refractivity contribution in [2.75, 3.05) is 0 Å². The molecule has 6 nitrogen and oxygen atoms in total. The lowest BCUT2D eigenvalue weighted by atomic mass is 9.96. The highest BCUT2D eigenvalue weighted by molar-refractivity contribution is 6.12. The van der Waals surface area contributed by atoms with Gasteiger partial charge in [-0.3, -0.25) is 0 Å². The molecule has 0 spiro atoms. The summed E-state index contributed by atoms with van der Waals surface area (Å²) in [6.07, 6.45) is -15.8. The number of nitriles is 5. The van der Waals surface area contributed by atoms with Gasteiger partial charge in [-0.05, 0) is 24.3 Å². The fourth-order valence-corrected chi connectivity index (χ4v) is 4.66. The molecule has 0 atom stereocenters. The van der Waals surface area contributed by atoms with Gasteiger partial charge in [0.15, 0.2) is 17.3 Å². The van der Waals surface area contributed by atoms with E-state index in [0.29, 0.717) is 24.3 Å². The van der Waals surface area contributed by atoms with Crippen LogP contribution in [0.15, 0.2) is 53.1 Å². The van der Waals surface area contributed by atoms with Crippen molar-refractivity contribution >= 4 is 16.7 Å². The van der Waals surface area contributed by atoms with Crippen LogP contribution in [0, 0.1) is 74.2 Å². The molecule has 3 aromatic rings. The highest BCUT2D eigenvalue weighted by Crippen LogP contribution is 2.57. The minimum Gasteiger partial charge on any atom is -0.209 e. The number of rotatable bonds is 3. The molecular formula is C31H6F12N6. The number of hydrogen-bond donors (Lipinski definition) is 0. The molecular weight excluding hydrogens is 684 g/mol. The molecule has 4 rings (SSSR count). The van der Waals surface area contributed by atoms with Crippen molar-refractivity contribution in [1.82, 2.24) is 4.98 Å². The van der Waals surface area contributed by atoms with Crippen LogP contribution in [0.2, 0.25) is 0 Å². The predicted molar refractivity (Wildman–Crippen MR) is 139 cm³/mol. The van der Waals surface area contributed by atoms with Crippen molar-refractivity contribution < 1.29 is 52.7 Å². The molecule has 1 heterocycles. The van der Waals surface area contributed by atoms with E-state index in [-0.39, 0.29) is 12.1 Å². The van der Waals surface area contributed by atoms with Gasteiger partial charge in [-0.25, -0.2) is 13.8 Å². The van der Waals surface area contributed by atoms with Gasteiger partial charge in [-0.2, -0.15) is 70.2 Å². The summed E-state index contributed by atoms with van der Waals surface area (Å²) in [5, 5.41) is 49.2. The first-order valence-corrected chi connectivity index (χ1v) is 12.6. The number of aromatic nitrogens is 1. The lowest BCUT2D eigenvalue weighted by molar-refractivity contribution is -0.144. The van der Waals surface area contributed by atoms with E-state index >= 15 is 4.39 Å². The van der Waals surface area contributed by atoms with E-state index in [9.17, 15) is 74.6 Å². The van der Waals surface area contributed by atoms with Gasteiger partial charge in [0.2, 0.25) is 5.95 Å². The van der Waals surface area contributed by atoms with Crippen LogP contribution in [0.4, 0.5) is 52.7 Å². The zero-order chi connectivity index (χ0) is 36.8. The molecule has 1 aliphatic carbocycles. The van der Waals surface area contributed by atoms with Gasteiger partial charge < -0.3 is 0 Å². The maximum Gasteiger partial charge on any atom is 0.436 e.